The smallest absolute Gasteiger partial charge is 0.0402 e. The quantitative estimate of drug-likeness (QED) is 0.325. The van der Waals surface area contributed by atoms with Crippen molar-refractivity contribution in [2.75, 3.05) is 33.0 Å². The molecule has 0 spiro atoms. The van der Waals surface area contributed by atoms with Crippen LogP contribution in [0.2, 0.25) is 0 Å². The van der Waals surface area contributed by atoms with Crippen molar-refractivity contribution in [3.63, 3.8) is 0 Å². The van der Waals surface area contributed by atoms with Crippen LogP contribution in [0.4, 0.5) is 0 Å². The van der Waals surface area contributed by atoms with Crippen LogP contribution in [0, 0.1) is 0 Å². The zero-order valence-corrected chi connectivity index (χ0v) is 21.4. The molecule has 1 saturated carbocycles. The summed E-state index contributed by atoms with van der Waals surface area (Å²) in [7, 11) is 0. The fraction of sp³-hybridized carbons (Fsp3) is 1.00. The molecule has 5 heteroatoms. The van der Waals surface area contributed by atoms with Crippen molar-refractivity contribution in [1.82, 2.24) is 0 Å². The molecule has 0 aromatic rings. The fourth-order valence-corrected chi connectivity index (χ4v) is 2.65. The molecule has 0 aromatic heterocycles. The van der Waals surface area contributed by atoms with E-state index in [0.717, 1.165) is 0 Å². The minimum absolute atomic E-state index is 0.250. The van der Waals surface area contributed by atoms with Crippen molar-refractivity contribution in [3.05, 3.63) is 0 Å². The zero-order valence-electron chi connectivity index (χ0n) is 21.4. The highest BCUT2D eigenvalue weighted by molar-refractivity contribution is 4.52. The first-order chi connectivity index (χ1) is 14.6. The Bertz CT molecular complexity index is 122. The first-order valence-corrected chi connectivity index (χ1v) is 12.6. The first-order valence-electron chi connectivity index (χ1n) is 12.6. The molecule has 0 atom stereocenters. The fourth-order valence-electron chi connectivity index (χ4n) is 2.65. The topological polar surface area (TPSA) is 101 Å². The van der Waals surface area contributed by atoms with Gasteiger partial charge in [-0.25, -0.2) is 0 Å². The van der Waals surface area contributed by atoms with E-state index < -0.39 is 0 Å². The standard InChI is InChI=1S/C15H30.5C2H6O/c1-2-4-6-8-10-12-14-15-13-11-9-7-5-3-1;5*1-2-3/h1-15H2;5*3H,2H2,1H3. The summed E-state index contributed by atoms with van der Waals surface area (Å²) < 4.78 is 0. The van der Waals surface area contributed by atoms with Gasteiger partial charge in [-0.1, -0.05) is 96.3 Å². The van der Waals surface area contributed by atoms with Gasteiger partial charge in [0.2, 0.25) is 0 Å². The largest absolute Gasteiger partial charge is 0.397 e. The maximum absolute atomic E-state index is 7.57. The molecule has 30 heavy (non-hydrogen) atoms. The van der Waals surface area contributed by atoms with Gasteiger partial charge in [-0.15, -0.1) is 0 Å². The molecule has 0 bridgehead atoms. The lowest BCUT2D eigenvalue weighted by Gasteiger charge is -2.01. The first kappa shape index (κ1) is 40.2. The number of aliphatic hydroxyl groups is 5. The molecular formula is C25H60O5. The predicted octanol–water partition coefficient (Wildman–Crippen LogP) is 5.84. The van der Waals surface area contributed by atoms with Crippen LogP contribution in [0.25, 0.3) is 0 Å². The van der Waals surface area contributed by atoms with Crippen LogP contribution in [0.1, 0.15) is 131 Å². The predicted molar refractivity (Wildman–Crippen MR) is 133 cm³/mol. The number of rotatable bonds is 0. The number of hydrogen-bond donors (Lipinski definition) is 5. The van der Waals surface area contributed by atoms with Crippen LogP contribution in [-0.2, 0) is 0 Å². The molecule has 5 N–H and O–H groups in total. The number of aliphatic hydroxyl groups excluding tert-OH is 5. The third kappa shape index (κ3) is 91.2. The maximum atomic E-state index is 7.57. The Balaban J connectivity index is -0.000000114. The van der Waals surface area contributed by atoms with E-state index in [9.17, 15) is 0 Å². The second kappa shape index (κ2) is 56.8. The van der Waals surface area contributed by atoms with Gasteiger partial charge in [0.1, 0.15) is 0 Å². The average Bonchev–Trinajstić information content (AvgIpc) is 2.70. The second-order valence-corrected chi connectivity index (χ2v) is 6.88. The monoisotopic (exact) mass is 440 g/mol. The van der Waals surface area contributed by atoms with Gasteiger partial charge in [-0.2, -0.15) is 0 Å². The summed E-state index contributed by atoms with van der Waals surface area (Å²) in [6, 6.07) is 0. The van der Waals surface area contributed by atoms with Crippen LogP contribution in [0.3, 0.4) is 0 Å². The Morgan fingerprint density at radius 2 is 0.300 bits per heavy atom. The normalized spacial score (nSPS) is 15.0. The van der Waals surface area contributed by atoms with E-state index in [1.807, 2.05) is 0 Å². The highest BCUT2D eigenvalue weighted by atomic mass is 16.3. The van der Waals surface area contributed by atoms with E-state index in [0.29, 0.717) is 0 Å². The van der Waals surface area contributed by atoms with E-state index >= 15 is 0 Å². The van der Waals surface area contributed by atoms with Gasteiger partial charge in [0.05, 0.1) is 0 Å². The SMILES string of the molecule is C1CCCCCCCCCCCCCC1.CCO.CCO.CCO.CCO.CCO. The molecule has 0 radical (unpaired) electrons. The Morgan fingerprint density at radius 1 is 0.267 bits per heavy atom. The molecule has 1 aliphatic carbocycles. The van der Waals surface area contributed by atoms with Gasteiger partial charge in [0.25, 0.3) is 0 Å². The van der Waals surface area contributed by atoms with E-state index in [1.54, 1.807) is 34.6 Å². The molecule has 0 saturated heterocycles. The molecule has 1 rings (SSSR count). The van der Waals surface area contributed by atoms with Crippen molar-refractivity contribution in [2.45, 2.75) is 131 Å². The summed E-state index contributed by atoms with van der Waals surface area (Å²) in [6.45, 7) is 9.65. The van der Waals surface area contributed by atoms with Crippen molar-refractivity contribution in [2.24, 2.45) is 0 Å². The van der Waals surface area contributed by atoms with Crippen molar-refractivity contribution in [3.8, 4) is 0 Å². The third-order valence-electron chi connectivity index (χ3n) is 3.75. The van der Waals surface area contributed by atoms with E-state index in [2.05, 4.69) is 0 Å². The maximum Gasteiger partial charge on any atom is 0.0402 e. The van der Waals surface area contributed by atoms with Crippen molar-refractivity contribution < 1.29 is 25.5 Å². The van der Waals surface area contributed by atoms with Gasteiger partial charge in [0.15, 0.2) is 0 Å². The minimum atomic E-state index is 0.250. The summed E-state index contributed by atoms with van der Waals surface area (Å²) in [5.74, 6) is 0. The molecule has 0 unspecified atom stereocenters. The summed E-state index contributed by atoms with van der Waals surface area (Å²) in [5.41, 5.74) is 0. The van der Waals surface area contributed by atoms with Gasteiger partial charge in [0, 0.05) is 33.0 Å². The highest BCUT2D eigenvalue weighted by Crippen LogP contribution is 2.16. The zero-order chi connectivity index (χ0) is 24.1. The van der Waals surface area contributed by atoms with Crippen molar-refractivity contribution >= 4 is 0 Å². The molecule has 0 aliphatic heterocycles. The molecule has 0 heterocycles. The van der Waals surface area contributed by atoms with Crippen LogP contribution >= 0.6 is 0 Å². The Labute approximate surface area is 189 Å². The van der Waals surface area contributed by atoms with Gasteiger partial charge in [-0.3, -0.25) is 0 Å². The summed E-state index contributed by atoms with van der Waals surface area (Å²) in [6.07, 6.45) is 22.5. The number of hydrogen-bond acceptors (Lipinski definition) is 5. The molecule has 190 valence electrons. The molecule has 1 aliphatic rings. The molecule has 0 aromatic carbocycles. The Kier molecular flexibility index (Phi) is 76.1. The Morgan fingerprint density at radius 3 is 0.333 bits per heavy atom. The van der Waals surface area contributed by atoms with Crippen molar-refractivity contribution in [1.29, 1.82) is 0 Å². The minimum Gasteiger partial charge on any atom is -0.397 e. The van der Waals surface area contributed by atoms with Crippen LogP contribution in [0.5, 0.6) is 0 Å². The molecule has 1 fully saturated rings. The van der Waals surface area contributed by atoms with Crippen LogP contribution < -0.4 is 0 Å². The molecule has 5 nitrogen and oxygen atoms in total. The summed E-state index contributed by atoms with van der Waals surface area (Å²) in [4.78, 5) is 0. The molecular weight excluding hydrogens is 380 g/mol. The van der Waals surface area contributed by atoms with Crippen LogP contribution in [-0.4, -0.2) is 58.6 Å². The van der Waals surface area contributed by atoms with Gasteiger partial charge >= 0.3 is 0 Å². The summed E-state index contributed by atoms with van der Waals surface area (Å²) >= 11 is 0. The van der Waals surface area contributed by atoms with Gasteiger partial charge in [-0.05, 0) is 34.6 Å². The third-order valence-corrected chi connectivity index (χ3v) is 3.75. The lowest BCUT2D eigenvalue weighted by atomic mass is 10.1. The van der Waals surface area contributed by atoms with Crippen LogP contribution in [0.15, 0.2) is 0 Å². The average molecular weight is 441 g/mol. The lowest BCUT2D eigenvalue weighted by molar-refractivity contribution is 0.318. The van der Waals surface area contributed by atoms with Gasteiger partial charge < -0.3 is 25.5 Å². The second-order valence-electron chi connectivity index (χ2n) is 6.88. The lowest BCUT2D eigenvalue weighted by Crippen LogP contribution is -1.81. The van der Waals surface area contributed by atoms with E-state index in [-0.39, 0.29) is 33.0 Å². The highest BCUT2D eigenvalue weighted by Gasteiger charge is 1.96. The molecule has 0 amide bonds. The van der Waals surface area contributed by atoms with E-state index in [1.165, 1.54) is 96.3 Å². The Hall–Kier alpha value is -0.200. The van der Waals surface area contributed by atoms with E-state index in [4.69, 9.17) is 25.5 Å². The summed E-state index contributed by atoms with van der Waals surface area (Å²) in [5, 5.41) is 37.8.